The van der Waals surface area contributed by atoms with Gasteiger partial charge in [0.25, 0.3) is 5.91 Å². The molecule has 1 atom stereocenters. The molecule has 6 nitrogen and oxygen atoms in total. The number of pyridine rings is 1. The van der Waals surface area contributed by atoms with E-state index in [4.69, 9.17) is 9.47 Å². The highest BCUT2D eigenvalue weighted by atomic mass is 16.5. The molecule has 0 bridgehead atoms. The second-order valence-electron chi connectivity index (χ2n) is 5.19. The van der Waals surface area contributed by atoms with Gasteiger partial charge in [0.05, 0.1) is 6.61 Å². The van der Waals surface area contributed by atoms with Crippen molar-refractivity contribution in [3.8, 4) is 5.88 Å². The predicted octanol–water partition coefficient (Wildman–Crippen LogP) is 2.97. The summed E-state index contributed by atoms with van der Waals surface area (Å²) in [5.74, 6) is -0.872. The number of carbonyl (C=O) groups is 2. The van der Waals surface area contributed by atoms with Gasteiger partial charge in [-0.25, -0.2) is 9.78 Å². The van der Waals surface area contributed by atoms with Gasteiger partial charge in [-0.05, 0) is 45.0 Å². The third-order valence-corrected chi connectivity index (χ3v) is 3.24. The van der Waals surface area contributed by atoms with Crippen molar-refractivity contribution >= 4 is 17.6 Å². The number of hydrogen-bond acceptors (Lipinski definition) is 5. The van der Waals surface area contributed by atoms with Gasteiger partial charge in [-0.3, -0.25) is 4.79 Å². The minimum atomic E-state index is -0.950. The van der Waals surface area contributed by atoms with Crippen molar-refractivity contribution in [3.05, 3.63) is 53.7 Å². The van der Waals surface area contributed by atoms with Crippen molar-refractivity contribution < 1.29 is 19.1 Å². The van der Waals surface area contributed by atoms with E-state index < -0.39 is 18.0 Å². The number of nitrogens with one attached hydrogen (secondary N) is 1. The molecule has 2 rings (SSSR count). The van der Waals surface area contributed by atoms with Crippen molar-refractivity contribution in [3.63, 3.8) is 0 Å². The van der Waals surface area contributed by atoms with E-state index in [9.17, 15) is 9.59 Å². The quantitative estimate of drug-likeness (QED) is 0.825. The number of hydrogen-bond donors (Lipinski definition) is 1. The van der Waals surface area contributed by atoms with Crippen LogP contribution in [0.15, 0.2) is 42.6 Å². The zero-order chi connectivity index (χ0) is 17.5. The highest BCUT2D eigenvalue weighted by molar-refractivity contribution is 5.98. The van der Waals surface area contributed by atoms with Crippen LogP contribution in [0.1, 0.15) is 29.8 Å². The molecule has 24 heavy (non-hydrogen) atoms. The van der Waals surface area contributed by atoms with Crippen LogP contribution in [0, 0.1) is 6.92 Å². The lowest BCUT2D eigenvalue weighted by atomic mass is 10.2. The van der Waals surface area contributed by atoms with Crippen LogP contribution in [0.4, 0.5) is 5.69 Å². The second-order valence-corrected chi connectivity index (χ2v) is 5.19. The van der Waals surface area contributed by atoms with Crippen LogP contribution in [0.5, 0.6) is 5.88 Å². The van der Waals surface area contributed by atoms with Gasteiger partial charge in [-0.15, -0.1) is 0 Å². The number of nitrogens with zero attached hydrogens (tertiary/aromatic N) is 1. The Balaban J connectivity index is 2.00. The summed E-state index contributed by atoms with van der Waals surface area (Å²) in [6.45, 7) is 5.64. The van der Waals surface area contributed by atoms with Crippen LogP contribution < -0.4 is 10.1 Å². The predicted molar refractivity (Wildman–Crippen MR) is 90.1 cm³/mol. The monoisotopic (exact) mass is 328 g/mol. The second kappa shape index (κ2) is 8.10. The largest absolute Gasteiger partial charge is 0.477 e. The summed E-state index contributed by atoms with van der Waals surface area (Å²) in [5, 5.41) is 2.70. The molecule has 0 saturated heterocycles. The van der Waals surface area contributed by atoms with Gasteiger partial charge in [0, 0.05) is 11.9 Å². The summed E-state index contributed by atoms with van der Waals surface area (Å²) in [5.41, 5.74) is 1.92. The summed E-state index contributed by atoms with van der Waals surface area (Å²) in [6.07, 6.45) is 0.573. The summed E-state index contributed by atoms with van der Waals surface area (Å²) in [6, 6.07) is 10.5. The molecule has 1 heterocycles. The number of anilines is 1. The van der Waals surface area contributed by atoms with Gasteiger partial charge in [-0.2, -0.15) is 0 Å². The number of benzene rings is 1. The number of rotatable bonds is 6. The van der Waals surface area contributed by atoms with E-state index in [0.717, 1.165) is 5.56 Å². The summed E-state index contributed by atoms with van der Waals surface area (Å²) in [7, 11) is 0. The maximum Gasteiger partial charge on any atom is 0.344 e. The van der Waals surface area contributed by atoms with Gasteiger partial charge < -0.3 is 14.8 Å². The summed E-state index contributed by atoms with van der Waals surface area (Å²) < 4.78 is 10.5. The number of ether oxygens (including phenoxy) is 2. The molecule has 126 valence electrons. The average molecular weight is 328 g/mol. The molecule has 1 aromatic heterocycles. The van der Waals surface area contributed by atoms with Crippen LogP contribution in [0.25, 0.3) is 0 Å². The Labute approximate surface area is 140 Å². The molecular weight excluding hydrogens is 308 g/mol. The van der Waals surface area contributed by atoms with E-state index in [-0.39, 0.29) is 11.4 Å². The highest BCUT2D eigenvalue weighted by Gasteiger charge is 2.22. The third kappa shape index (κ3) is 4.55. The Kier molecular flexibility index (Phi) is 5.89. The normalized spacial score (nSPS) is 11.5. The molecule has 0 spiro atoms. The lowest BCUT2D eigenvalue weighted by Crippen LogP contribution is -2.30. The topological polar surface area (TPSA) is 77.5 Å². The molecule has 1 amide bonds. The first-order valence-electron chi connectivity index (χ1n) is 7.67. The van der Waals surface area contributed by atoms with Gasteiger partial charge in [-0.1, -0.05) is 17.7 Å². The van der Waals surface area contributed by atoms with E-state index in [1.165, 1.54) is 13.1 Å². The smallest absolute Gasteiger partial charge is 0.344 e. The van der Waals surface area contributed by atoms with Crippen LogP contribution in [0.3, 0.4) is 0 Å². The van der Waals surface area contributed by atoms with Crippen LogP contribution in [-0.2, 0) is 9.53 Å². The molecule has 6 heteroatoms. The molecular formula is C18H20N2O4. The Hall–Kier alpha value is -2.89. The van der Waals surface area contributed by atoms with Crippen LogP contribution in [0.2, 0.25) is 0 Å². The summed E-state index contributed by atoms with van der Waals surface area (Å²) >= 11 is 0. The van der Waals surface area contributed by atoms with Gasteiger partial charge in [0.15, 0.2) is 6.10 Å². The molecule has 0 aliphatic heterocycles. The Morgan fingerprint density at radius 3 is 2.58 bits per heavy atom. The molecule has 1 N–H and O–H groups in total. The lowest BCUT2D eigenvalue weighted by molar-refractivity contribution is -0.123. The molecule has 1 aromatic carbocycles. The van der Waals surface area contributed by atoms with E-state index in [1.54, 1.807) is 31.2 Å². The maximum atomic E-state index is 12.2. The molecule has 0 aliphatic carbocycles. The fourth-order valence-electron chi connectivity index (χ4n) is 1.96. The Morgan fingerprint density at radius 2 is 1.92 bits per heavy atom. The maximum absolute atomic E-state index is 12.2. The van der Waals surface area contributed by atoms with E-state index in [0.29, 0.717) is 12.3 Å². The molecule has 0 fully saturated rings. The van der Waals surface area contributed by atoms with Gasteiger partial charge >= 0.3 is 5.97 Å². The van der Waals surface area contributed by atoms with Crippen LogP contribution >= 0.6 is 0 Å². The van der Waals surface area contributed by atoms with Gasteiger partial charge in [0.1, 0.15) is 5.56 Å². The number of amides is 1. The lowest BCUT2D eigenvalue weighted by Gasteiger charge is -2.14. The molecule has 0 radical (unpaired) electrons. The number of aromatic nitrogens is 1. The fraction of sp³-hybridized carbons (Fsp3) is 0.278. The third-order valence-electron chi connectivity index (χ3n) is 3.24. The van der Waals surface area contributed by atoms with E-state index >= 15 is 0 Å². The van der Waals surface area contributed by atoms with Crippen molar-refractivity contribution in [1.29, 1.82) is 0 Å². The highest BCUT2D eigenvalue weighted by Crippen LogP contribution is 2.17. The Morgan fingerprint density at radius 1 is 1.21 bits per heavy atom. The Bertz CT molecular complexity index is 713. The molecule has 2 aromatic rings. The van der Waals surface area contributed by atoms with Crippen molar-refractivity contribution in [2.45, 2.75) is 26.9 Å². The number of carbonyl (C=O) groups excluding carboxylic acids is 2. The van der Waals surface area contributed by atoms with Gasteiger partial charge in [0.2, 0.25) is 5.88 Å². The van der Waals surface area contributed by atoms with E-state index in [1.807, 2.05) is 19.1 Å². The van der Waals surface area contributed by atoms with Crippen molar-refractivity contribution in [2.75, 3.05) is 11.9 Å². The number of esters is 1. The first-order chi connectivity index (χ1) is 11.5. The molecule has 0 aliphatic rings. The first kappa shape index (κ1) is 17.5. The standard InChI is InChI=1S/C18H20N2O4/c1-4-23-17-15(6-5-11-19-17)18(22)24-13(3)16(21)20-14-9-7-12(2)8-10-14/h5-11,13H,4H2,1-3H3,(H,20,21)/t13-/m1/s1. The van der Waals surface area contributed by atoms with Crippen molar-refractivity contribution in [1.82, 2.24) is 4.98 Å². The van der Waals surface area contributed by atoms with Crippen molar-refractivity contribution in [2.24, 2.45) is 0 Å². The van der Waals surface area contributed by atoms with E-state index in [2.05, 4.69) is 10.3 Å². The first-order valence-corrected chi connectivity index (χ1v) is 7.67. The fourth-order valence-corrected chi connectivity index (χ4v) is 1.96. The number of aryl methyl sites for hydroxylation is 1. The zero-order valence-corrected chi connectivity index (χ0v) is 13.9. The summed E-state index contributed by atoms with van der Waals surface area (Å²) in [4.78, 5) is 28.4. The van der Waals surface area contributed by atoms with Crippen LogP contribution in [-0.4, -0.2) is 29.6 Å². The zero-order valence-electron chi connectivity index (χ0n) is 13.9. The molecule has 0 unspecified atom stereocenters. The minimum Gasteiger partial charge on any atom is -0.477 e. The SMILES string of the molecule is CCOc1ncccc1C(=O)O[C@H](C)C(=O)Nc1ccc(C)cc1. The molecule has 0 saturated carbocycles. The average Bonchev–Trinajstić information content (AvgIpc) is 2.57. The minimum absolute atomic E-state index is 0.189.